The zero-order chi connectivity index (χ0) is 28.2. The third-order valence-corrected chi connectivity index (χ3v) is 6.31. The van der Waals surface area contributed by atoms with Crippen LogP contribution in [0.4, 0.5) is 0 Å². The summed E-state index contributed by atoms with van der Waals surface area (Å²) in [6, 6.07) is 0. The lowest BCUT2D eigenvalue weighted by molar-refractivity contribution is -0.142. The molecule has 37 heavy (non-hydrogen) atoms. The van der Waals surface area contributed by atoms with E-state index in [0.717, 1.165) is 24.8 Å². The van der Waals surface area contributed by atoms with Gasteiger partial charge in [-0.05, 0) is 51.2 Å². The van der Waals surface area contributed by atoms with Crippen molar-refractivity contribution in [3.8, 4) is 0 Å². The minimum atomic E-state index is -0.509. The first-order valence-electron chi connectivity index (χ1n) is 13.9. The average molecular weight is 537 g/mol. The molecule has 0 saturated carbocycles. The summed E-state index contributed by atoms with van der Waals surface area (Å²) in [5, 5.41) is 0. The van der Waals surface area contributed by atoms with Gasteiger partial charge in [-0.15, -0.1) is 4.91 Å². The molecule has 0 fully saturated rings. The van der Waals surface area contributed by atoms with E-state index >= 15 is 0 Å². The van der Waals surface area contributed by atoms with Crippen molar-refractivity contribution in [2.24, 2.45) is 10.00 Å². The summed E-state index contributed by atoms with van der Waals surface area (Å²) in [7, 11) is 0. The van der Waals surface area contributed by atoms with E-state index < -0.39 is 10.7 Å². The number of allylic oxidation sites excluding steroid dienone is 5. The van der Waals surface area contributed by atoms with Crippen LogP contribution in [0.3, 0.4) is 0 Å². The predicted octanol–water partition coefficient (Wildman–Crippen LogP) is 8.92. The molecule has 212 valence electrons. The summed E-state index contributed by atoms with van der Waals surface area (Å²) in [6.45, 7) is 15.0. The molecule has 0 aromatic carbocycles. The third kappa shape index (κ3) is 20.8. The molecule has 0 saturated heterocycles. The molecule has 0 rings (SSSR count). The van der Waals surface area contributed by atoms with E-state index in [-0.39, 0.29) is 24.2 Å². The van der Waals surface area contributed by atoms with Crippen molar-refractivity contribution in [3.05, 3.63) is 41.0 Å². The smallest absolute Gasteiger partial charge is 0.311 e. The second kappa shape index (κ2) is 20.1. The van der Waals surface area contributed by atoms with Crippen LogP contribution < -0.4 is 0 Å². The monoisotopic (exact) mass is 536 g/mol. The highest BCUT2D eigenvalue weighted by Gasteiger charge is 2.29. The van der Waals surface area contributed by atoms with E-state index in [0.29, 0.717) is 18.8 Å². The van der Waals surface area contributed by atoms with Crippen LogP contribution in [-0.4, -0.2) is 34.6 Å². The Morgan fingerprint density at radius 2 is 1.54 bits per heavy atom. The zero-order valence-corrected chi connectivity index (χ0v) is 25.3. The Balaban J connectivity index is 4.78. The molecule has 0 aliphatic rings. The van der Waals surface area contributed by atoms with Gasteiger partial charge in [-0.1, -0.05) is 90.9 Å². The van der Waals surface area contributed by atoms with E-state index in [1.807, 2.05) is 39.0 Å². The lowest BCUT2D eigenvalue weighted by Gasteiger charge is -2.34. The summed E-state index contributed by atoms with van der Waals surface area (Å²) in [6.07, 6.45) is 20.6. The Bertz CT molecular complexity index is 751. The maximum atomic E-state index is 13.0. The molecule has 0 aliphatic heterocycles. The molecule has 0 aliphatic carbocycles. The van der Waals surface area contributed by atoms with Gasteiger partial charge in [-0.25, -0.2) is 0 Å². The Kier molecular flexibility index (Phi) is 19.1. The number of carbonyl (C=O) groups is 2. The second-order valence-corrected chi connectivity index (χ2v) is 12.9. The fourth-order valence-electron chi connectivity index (χ4n) is 3.85. The van der Waals surface area contributed by atoms with Crippen LogP contribution in [0, 0.1) is 10.3 Å². The Hall–Kier alpha value is -1.89. The molecule has 0 aromatic rings. The molecule has 7 heteroatoms. The van der Waals surface area contributed by atoms with Crippen molar-refractivity contribution in [2.45, 2.75) is 124 Å². The maximum absolute atomic E-state index is 13.0. The van der Waals surface area contributed by atoms with Crippen LogP contribution in [0.15, 0.2) is 40.7 Å². The summed E-state index contributed by atoms with van der Waals surface area (Å²) in [5.41, 5.74) is -0.117. The number of ether oxygens (including phenoxy) is 1. The molecular formula is C30H52N2O4S. The fraction of sp³-hybridized carbons (Fsp3) is 0.733. The highest BCUT2D eigenvalue weighted by molar-refractivity contribution is 7.99. The number of rotatable bonds is 20. The van der Waals surface area contributed by atoms with E-state index in [9.17, 15) is 14.5 Å². The normalized spacial score (nSPS) is 12.9. The number of hydrogen-bond donors (Lipinski definition) is 0. The van der Waals surface area contributed by atoms with Crippen LogP contribution in [0.5, 0.6) is 0 Å². The Labute approximate surface area is 230 Å². The number of amides is 1. The first-order chi connectivity index (χ1) is 17.4. The van der Waals surface area contributed by atoms with Gasteiger partial charge in [0.1, 0.15) is 5.76 Å². The molecular weight excluding hydrogens is 484 g/mol. The molecule has 0 heterocycles. The third-order valence-electron chi connectivity index (χ3n) is 5.61. The maximum Gasteiger partial charge on any atom is 0.311 e. The molecule has 0 bridgehead atoms. The first kappa shape index (κ1) is 35.1. The summed E-state index contributed by atoms with van der Waals surface area (Å²) in [4.78, 5) is 38.0. The van der Waals surface area contributed by atoms with Gasteiger partial charge in [-0.3, -0.25) is 9.59 Å². The lowest BCUT2D eigenvalue weighted by atomic mass is 9.95. The van der Waals surface area contributed by atoms with Gasteiger partial charge in [0.2, 0.25) is 5.91 Å². The summed E-state index contributed by atoms with van der Waals surface area (Å²) in [5.74, 6) is -0.0772. The van der Waals surface area contributed by atoms with Crippen LogP contribution in [0.2, 0.25) is 0 Å². The van der Waals surface area contributed by atoms with Gasteiger partial charge in [0.25, 0.3) is 0 Å². The topological polar surface area (TPSA) is 76.0 Å². The van der Waals surface area contributed by atoms with Crippen LogP contribution in [-0.2, 0) is 14.3 Å². The minimum absolute atomic E-state index is 0.00196. The van der Waals surface area contributed by atoms with Crippen LogP contribution >= 0.6 is 11.9 Å². The number of esters is 1. The standard InChI is InChI=1S/C30H52N2O4S/c1-8-10-12-13-14-15-16-17-18-19-21-26(20-11-9-2)36-28(34)23-22-27(33)32(24-29(3,4)5)25-30(6,7)37-31-35/h9,11,19-21H,8,10,12-18,22-25H2,1-7H3. The fourth-order valence-corrected chi connectivity index (χ4v) is 4.27. The number of nitrogens with zero attached hydrogens (tertiary/aromatic N) is 2. The van der Waals surface area contributed by atoms with E-state index in [4.69, 9.17) is 4.74 Å². The van der Waals surface area contributed by atoms with Crippen molar-refractivity contribution in [2.75, 3.05) is 13.1 Å². The SMILES string of the molecule is CC=CC=C(C=CCCCCCCCCCC)OC(=O)CCC(=O)N(CC(C)(C)C)CC(C)(C)SN=O. The first-order valence-corrected chi connectivity index (χ1v) is 14.7. The number of nitroso groups, excluding NO2 is 1. The van der Waals surface area contributed by atoms with Gasteiger partial charge in [-0.2, -0.15) is 0 Å². The van der Waals surface area contributed by atoms with Crippen molar-refractivity contribution >= 4 is 23.8 Å². The molecule has 0 aromatic heterocycles. The lowest BCUT2D eigenvalue weighted by Crippen LogP contribution is -2.44. The predicted molar refractivity (Wildman–Crippen MR) is 158 cm³/mol. The van der Waals surface area contributed by atoms with Gasteiger partial charge >= 0.3 is 5.97 Å². The van der Waals surface area contributed by atoms with Crippen molar-refractivity contribution < 1.29 is 14.3 Å². The molecule has 0 N–H and O–H groups in total. The highest BCUT2D eigenvalue weighted by Crippen LogP contribution is 2.28. The number of hydrogen-bond acceptors (Lipinski definition) is 6. The molecule has 0 unspecified atom stereocenters. The summed E-state index contributed by atoms with van der Waals surface area (Å²) >= 11 is 0.925. The molecule has 0 spiro atoms. The van der Waals surface area contributed by atoms with Gasteiger partial charge in [0, 0.05) is 36.0 Å². The van der Waals surface area contributed by atoms with Gasteiger partial charge < -0.3 is 9.64 Å². The van der Waals surface area contributed by atoms with Gasteiger partial charge in [0.05, 0.1) is 11.2 Å². The van der Waals surface area contributed by atoms with Gasteiger partial charge in [0.15, 0.2) is 0 Å². The largest absolute Gasteiger partial charge is 0.427 e. The van der Waals surface area contributed by atoms with E-state index in [2.05, 4.69) is 38.4 Å². The minimum Gasteiger partial charge on any atom is -0.427 e. The molecule has 6 nitrogen and oxygen atoms in total. The quantitative estimate of drug-likeness (QED) is 0.0388. The van der Waals surface area contributed by atoms with E-state index in [1.54, 1.807) is 11.0 Å². The number of carbonyl (C=O) groups excluding carboxylic acids is 2. The average Bonchev–Trinajstić information content (AvgIpc) is 2.80. The summed E-state index contributed by atoms with van der Waals surface area (Å²) < 4.78 is 7.99. The highest BCUT2D eigenvalue weighted by atomic mass is 32.2. The second-order valence-electron chi connectivity index (χ2n) is 11.5. The molecule has 0 atom stereocenters. The van der Waals surface area contributed by atoms with Crippen molar-refractivity contribution in [1.82, 2.24) is 4.90 Å². The zero-order valence-electron chi connectivity index (χ0n) is 24.5. The van der Waals surface area contributed by atoms with Crippen LogP contribution in [0.1, 0.15) is 119 Å². The number of unbranched alkanes of at least 4 members (excludes halogenated alkanes) is 8. The molecule has 1 amide bonds. The van der Waals surface area contributed by atoms with Crippen LogP contribution in [0.25, 0.3) is 0 Å². The van der Waals surface area contributed by atoms with Crippen molar-refractivity contribution in [1.29, 1.82) is 0 Å². The molecule has 0 radical (unpaired) electrons. The Morgan fingerprint density at radius 1 is 0.919 bits per heavy atom. The van der Waals surface area contributed by atoms with Crippen molar-refractivity contribution in [3.63, 3.8) is 0 Å². The Morgan fingerprint density at radius 3 is 2.11 bits per heavy atom. The van der Waals surface area contributed by atoms with E-state index in [1.165, 1.54) is 44.9 Å².